The molecule has 5 nitrogen and oxygen atoms in total. The first-order valence-electron chi connectivity index (χ1n) is 8.05. The van der Waals surface area contributed by atoms with Gasteiger partial charge in [0.25, 0.3) is 5.91 Å². The Kier molecular flexibility index (Phi) is 6.77. The second kappa shape index (κ2) is 9.03. The van der Waals surface area contributed by atoms with Gasteiger partial charge in [-0.15, -0.1) is 0 Å². The molecule has 1 amide bonds. The van der Waals surface area contributed by atoms with Crippen LogP contribution in [0.3, 0.4) is 0 Å². The third kappa shape index (κ3) is 5.76. The molecular weight excluding hydrogens is 336 g/mol. The zero-order valence-electron chi connectivity index (χ0n) is 14.5. The van der Waals surface area contributed by atoms with Gasteiger partial charge in [0.2, 0.25) is 0 Å². The summed E-state index contributed by atoms with van der Waals surface area (Å²) in [5.41, 5.74) is 1.25. The van der Waals surface area contributed by atoms with Gasteiger partial charge >= 0.3 is 0 Å². The highest BCUT2D eigenvalue weighted by Crippen LogP contribution is 2.17. The van der Waals surface area contributed by atoms with Crippen molar-refractivity contribution >= 4 is 28.9 Å². The Bertz CT molecular complexity index is 732. The van der Waals surface area contributed by atoms with Crippen LogP contribution in [0.5, 0.6) is 11.5 Å². The molecule has 0 spiro atoms. The molecule has 1 unspecified atom stereocenters. The van der Waals surface area contributed by atoms with E-state index < -0.39 is 0 Å². The average Bonchev–Trinajstić information content (AvgIpc) is 2.62. The van der Waals surface area contributed by atoms with Crippen molar-refractivity contribution in [3.8, 4) is 11.5 Å². The predicted octanol–water partition coefficient (Wildman–Crippen LogP) is 4.00. The van der Waals surface area contributed by atoms with Crippen LogP contribution < -0.4 is 20.1 Å². The van der Waals surface area contributed by atoms with E-state index in [9.17, 15) is 4.79 Å². The standard InChI is InChI=1S/C19H22N2O3S/c1-4-13(2)24-17-7-5-6-14(12-17)18(22)21-19(25)20-15-8-10-16(23-3)11-9-15/h5-13H,4H2,1-3H3,(H2,20,21,22,25). The molecule has 2 rings (SSSR count). The van der Waals surface area contributed by atoms with E-state index in [2.05, 4.69) is 10.6 Å². The maximum atomic E-state index is 12.3. The van der Waals surface area contributed by atoms with Crippen LogP contribution in [-0.4, -0.2) is 24.2 Å². The number of benzene rings is 2. The lowest BCUT2D eigenvalue weighted by Crippen LogP contribution is -2.34. The van der Waals surface area contributed by atoms with Crippen LogP contribution in [-0.2, 0) is 0 Å². The number of hydrogen-bond donors (Lipinski definition) is 2. The monoisotopic (exact) mass is 358 g/mol. The lowest BCUT2D eigenvalue weighted by Gasteiger charge is -2.14. The third-order valence-electron chi connectivity index (χ3n) is 3.58. The SMILES string of the molecule is CCC(C)Oc1cccc(C(=O)NC(=S)Nc2ccc(OC)cc2)c1. The van der Waals surface area contributed by atoms with Gasteiger partial charge < -0.3 is 14.8 Å². The quantitative estimate of drug-likeness (QED) is 0.765. The number of anilines is 1. The Morgan fingerprint density at radius 3 is 2.52 bits per heavy atom. The van der Waals surface area contributed by atoms with Crippen LogP contribution in [0.1, 0.15) is 30.6 Å². The van der Waals surface area contributed by atoms with Crippen molar-refractivity contribution < 1.29 is 14.3 Å². The Morgan fingerprint density at radius 1 is 1.16 bits per heavy atom. The minimum absolute atomic E-state index is 0.0936. The van der Waals surface area contributed by atoms with E-state index in [1.165, 1.54) is 0 Å². The van der Waals surface area contributed by atoms with Crippen molar-refractivity contribution in [1.29, 1.82) is 0 Å². The number of hydrogen-bond acceptors (Lipinski definition) is 4. The molecule has 0 bridgehead atoms. The van der Waals surface area contributed by atoms with Crippen molar-refractivity contribution in [2.75, 3.05) is 12.4 Å². The molecule has 0 saturated carbocycles. The molecule has 2 N–H and O–H groups in total. The number of rotatable bonds is 6. The highest BCUT2D eigenvalue weighted by atomic mass is 32.1. The third-order valence-corrected chi connectivity index (χ3v) is 3.79. The molecule has 0 aliphatic carbocycles. The fourth-order valence-electron chi connectivity index (χ4n) is 2.04. The predicted molar refractivity (Wildman–Crippen MR) is 104 cm³/mol. The number of ether oxygens (including phenoxy) is 2. The van der Waals surface area contributed by atoms with Crippen molar-refractivity contribution in [2.24, 2.45) is 0 Å². The maximum absolute atomic E-state index is 12.3. The molecule has 2 aromatic carbocycles. The summed E-state index contributed by atoms with van der Waals surface area (Å²) in [6.45, 7) is 4.03. The molecule has 0 aliphatic rings. The van der Waals surface area contributed by atoms with Crippen molar-refractivity contribution in [2.45, 2.75) is 26.4 Å². The minimum atomic E-state index is -0.291. The summed E-state index contributed by atoms with van der Waals surface area (Å²) in [5, 5.41) is 5.85. The number of nitrogens with one attached hydrogen (secondary N) is 2. The van der Waals surface area contributed by atoms with Crippen LogP contribution in [0.2, 0.25) is 0 Å². The van der Waals surface area contributed by atoms with Crippen LogP contribution in [0.4, 0.5) is 5.69 Å². The van der Waals surface area contributed by atoms with Crippen molar-refractivity contribution in [1.82, 2.24) is 5.32 Å². The molecule has 0 heterocycles. The first kappa shape index (κ1) is 18.7. The van der Waals surface area contributed by atoms with E-state index in [0.29, 0.717) is 11.3 Å². The number of carbonyl (C=O) groups excluding carboxylic acids is 1. The zero-order chi connectivity index (χ0) is 18.2. The van der Waals surface area contributed by atoms with E-state index >= 15 is 0 Å². The lowest BCUT2D eigenvalue weighted by atomic mass is 10.2. The summed E-state index contributed by atoms with van der Waals surface area (Å²) in [7, 11) is 1.60. The fraction of sp³-hybridized carbons (Fsp3) is 0.263. The van der Waals surface area contributed by atoms with Gasteiger partial charge in [-0.1, -0.05) is 13.0 Å². The topological polar surface area (TPSA) is 59.6 Å². The van der Waals surface area contributed by atoms with Gasteiger partial charge in [-0.3, -0.25) is 10.1 Å². The van der Waals surface area contributed by atoms with Crippen LogP contribution in [0, 0.1) is 0 Å². The largest absolute Gasteiger partial charge is 0.497 e. The van der Waals surface area contributed by atoms with Gasteiger partial charge in [-0.2, -0.15) is 0 Å². The molecule has 25 heavy (non-hydrogen) atoms. The normalized spacial score (nSPS) is 11.3. The minimum Gasteiger partial charge on any atom is -0.497 e. The first-order valence-corrected chi connectivity index (χ1v) is 8.45. The van der Waals surface area contributed by atoms with Gasteiger partial charge in [0.1, 0.15) is 11.5 Å². The molecule has 0 radical (unpaired) electrons. The summed E-state index contributed by atoms with van der Waals surface area (Å²) < 4.78 is 10.8. The van der Waals surface area contributed by atoms with E-state index in [0.717, 1.165) is 17.9 Å². The van der Waals surface area contributed by atoms with Gasteiger partial charge in [0.05, 0.1) is 13.2 Å². The zero-order valence-corrected chi connectivity index (χ0v) is 15.4. The molecule has 0 fully saturated rings. The smallest absolute Gasteiger partial charge is 0.257 e. The molecule has 1 atom stereocenters. The van der Waals surface area contributed by atoms with E-state index in [1.54, 1.807) is 25.3 Å². The van der Waals surface area contributed by atoms with Crippen molar-refractivity contribution in [3.63, 3.8) is 0 Å². The molecular formula is C19H22N2O3S. The summed E-state index contributed by atoms with van der Waals surface area (Å²) in [6, 6.07) is 14.3. The molecule has 0 aliphatic heterocycles. The highest BCUT2D eigenvalue weighted by molar-refractivity contribution is 7.80. The molecule has 2 aromatic rings. The summed E-state index contributed by atoms with van der Waals surface area (Å²) in [4.78, 5) is 12.3. The van der Waals surface area contributed by atoms with Crippen molar-refractivity contribution in [3.05, 3.63) is 54.1 Å². The van der Waals surface area contributed by atoms with Crippen LogP contribution >= 0.6 is 12.2 Å². The number of methoxy groups -OCH3 is 1. The van der Waals surface area contributed by atoms with Gasteiger partial charge in [0.15, 0.2) is 5.11 Å². The number of carbonyl (C=O) groups is 1. The van der Waals surface area contributed by atoms with Crippen LogP contribution in [0.15, 0.2) is 48.5 Å². The summed E-state index contributed by atoms with van der Waals surface area (Å²) >= 11 is 5.19. The second-order valence-electron chi connectivity index (χ2n) is 5.50. The Hall–Kier alpha value is -2.60. The van der Waals surface area contributed by atoms with E-state index in [-0.39, 0.29) is 17.1 Å². The maximum Gasteiger partial charge on any atom is 0.257 e. The fourth-order valence-corrected chi connectivity index (χ4v) is 2.25. The molecule has 6 heteroatoms. The van der Waals surface area contributed by atoms with Gasteiger partial charge in [0, 0.05) is 11.3 Å². The molecule has 132 valence electrons. The lowest BCUT2D eigenvalue weighted by molar-refractivity contribution is 0.0977. The Labute approximate surface area is 153 Å². The highest BCUT2D eigenvalue weighted by Gasteiger charge is 2.10. The van der Waals surface area contributed by atoms with E-state index in [4.69, 9.17) is 21.7 Å². The summed E-state index contributed by atoms with van der Waals surface area (Å²) in [5.74, 6) is 1.12. The Morgan fingerprint density at radius 2 is 1.88 bits per heavy atom. The summed E-state index contributed by atoms with van der Waals surface area (Å²) in [6.07, 6.45) is 0.989. The average molecular weight is 358 g/mol. The number of amides is 1. The molecule has 0 aromatic heterocycles. The second-order valence-corrected chi connectivity index (χ2v) is 5.91. The first-order chi connectivity index (χ1) is 12.0. The van der Waals surface area contributed by atoms with E-state index in [1.807, 2.05) is 44.2 Å². The van der Waals surface area contributed by atoms with Crippen LogP contribution in [0.25, 0.3) is 0 Å². The molecule has 0 saturated heterocycles. The van der Waals surface area contributed by atoms with Gasteiger partial charge in [-0.25, -0.2) is 0 Å². The Balaban J connectivity index is 1.96. The number of thiocarbonyl (C=S) groups is 1. The van der Waals surface area contributed by atoms with Gasteiger partial charge in [-0.05, 0) is 68.0 Å².